The Balaban J connectivity index is 1.64. The average molecular weight is 384 g/mol. The zero-order chi connectivity index (χ0) is 20.0. The van der Waals surface area contributed by atoms with E-state index < -0.39 is 18.3 Å². The summed E-state index contributed by atoms with van der Waals surface area (Å²) in [7, 11) is 0. The Morgan fingerprint density at radius 3 is 2.45 bits per heavy atom. The third kappa shape index (κ3) is 2.72. The Hall–Kier alpha value is -3.51. The van der Waals surface area contributed by atoms with Crippen LogP contribution in [0.2, 0.25) is 0 Å². The van der Waals surface area contributed by atoms with Gasteiger partial charge in [-0.05, 0) is 30.7 Å². The minimum atomic E-state index is -0.827. The van der Waals surface area contributed by atoms with Crippen molar-refractivity contribution in [1.29, 1.82) is 0 Å². The van der Waals surface area contributed by atoms with Gasteiger partial charge in [0, 0.05) is 11.1 Å². The van der Waals surface area contributed by atoms with Gasteiger partial charge in [-0.15, -0.1) is 5.10 Å². The second kappa shape index (κ2) is 6.83. The summed E-state index contributed by atoms with van der Waals surface area (Å²) in [4.78, 5) is 15.1. The van der Waals surface area contributed by atoms with Crippen molar-refractivity contribution in [3.63, 3.8) is 0 Å². The molecule has 1 aliphatic heterocycles. The molecule has 144 valence electrons. The van der Waals surface area contributed by atoms with Gasteiger partial charge in [-0.2, -0.15) is 0 Å². The van der Waals surface area contributed by atoms with Gasteiger partial charge in [0.05, 0.1) is 17.7 Å². The van der Waals surface area contributed by atoms with Gasteiger partial charge in [0.2, 0.25) is 0 Å². The number of nitrogens with zero attached hydrogens (tertiary/aromatic N) is 4. The summed E-state index contributed by atoms with van der Waals surface area (Å²) < 4.78 is 1.77. The number of benzene rings is 3. The third-order valence-corrected chi connectivity index (χ3v) is 5.61. The lowest BCUT2D eigenvalue weighted by atomic mass is 10.0. The largest absolute Gasteiger partial charge is 0.386 e. The number of hydrogen-bond acceptors (Lipinski definition) is 4. The number of aliphatic hydroxyl groups is 1. The minimum absolute atomic E-state index is 0.118. The number of carbonyl (C=O) groups is 1. The Morgan fingerprint density at radius 2 is 1.62 bits per heavy atom. The highest BCUT2D eigenvalue weighted by molar-refractivity contribution is 5.99. The van der Waals surface area contributed by atoms with Crippen LogP contribution in [0, 0.1) is 0 Å². The SMILES string of the molecule is C[C@H]([C@@H](O)c1ccccc1)N1C(=O)c2ccccc2C1n1nnc2ccccc21. The zero-order valence-electron chi connectivity index (χ0n) is 15.9. The fourth-order valence-corrected chi connectivity index (χ4v) is 4.12. The van der Waals surface area contributed by atoms with E-state index >= 15 is 0 Å². The molecule has 3 aromatic carbocycles. The molecule has 0 saturated heterocycles. The van der Waals surface area contributed by atoms with Crippen LogP contribution in [0.1, 0.15) is 40.7 Å². The first kappa shape index (κ1) is 17.6. The second-order valence-electron chi connectivity index (χ2n) is 7.29. The van der Waals surface area contributed by atoms with E-state index in [0.29, 0.717) is 5.56 Å². The maximum Gasteiger partial charge on any atom is 0.256 e. The van der Waals surface area contributed by atoms with Crippen molar-refractivity contribution in [2.45, 2.75) is 25.2 Å². The molecule has 0 bridgehead atoms. The zero-order valence-corrected chi connectivity index (χ0v) is 15.9. The van der Waals surface area contributed by atoms with Crippen molar-refractivity contribution >= 4 is 16.9 Å². The number of hydrogen-bond donors (Lipinski definition) is 1. The molecule has 0 aliphatic carbocycles. The quantitative estimate of drug-likeness (QED) is 0.584. The van der Waals surface area contributed by atoms with E-state index in [0.717, 1.165) is 22.2 Å². The number of fused-ring (bicyclic) bond motifs is 2. The molecule has 1 amide bonds. The monoisotopic (exact) mass is 384 g/mol. The summed E-state index contributed by atoms with van der Waals surface area (Å²) in [5.74, 6) is -0.118. The summed E-state index contributed by atoms with van der Waals surface area (Å²) in [6.45, 7) is 1.87. The van der Waals surface area contributed by atoms with Crippen LogP contribution in [0.25, 0.3) is 11.0 Å². The van der Waals surface area contributed by atoms with Crippen molar-refractivity contribution < 1.29 is 9.90 Å². The second-order valence-corrected chi connectivity index (χ2v) is 7.29. The van der Waals surface area contributed by atoms with Gasteiger partial charge in [0.25, 0.3) is 5.91 Å². The van der Waals surface area contributed by atoms with Crippen LogP contribution in [-0.2, 0) is 0 Å². The molecule has 6 heteroatoms. The van der Waals surface area contributed by atoms with Gasteiger partial charge >= 0.3 is 0 Å². The molecule has 3 atom stereocenters. The molecule has 0 spiro atoms. The molecule has 5 rings (SSSR count). The molecule has 6 nitrogen and oxygen atoms in total. The molecule has 1 aromatic heterocycles. The normalized spacial score (nSPS) is 18.1. The Labute approximate surface area is 168 Å². The fraction of sp³-hybridized carbons (Fsp3) is 0.174. The lowest BCUT2D eigenvalue weighted by Crippen LogP contribution is -2.42. The van der Waals surface area contributed by atoms with Crippen LogP contribution in [0.5, 0.6) is 0 Å². The first-order valence-electron chi connectivity index (χ1n) is 9.61. The first-order valence-corrected chi connectivity index (χ1v) is 9.61. The van der Waals surface area contributed by atoms with Crippen molar-refractivity contribution in [3.8, 4) is 0 Å². The summed E-state index contributed by atoms with van der Waals surface area (Å²) in [5.41, 5.74) is 3.87. The van der Waals surface area contributed by atoms with Gasteiger partial charge in [-0.25, -0.2) is 4.68 Å². The predicted octanol–water partition coefficient (Wildman–Crippen LogP) is 3.56. The first-order chi connectivity index (χ1) is 14.2. The molecule has 29 heavy (non-hydrogen) atoms. The van der Waals surface area contributed by atoms with Crippen molar-refractivity contribution in [2.24, 2.45) is 0 Å². The molecule has 1 aliphatic rings. The maximum atomic E-state index is 13.4. The number of rotatable bonds is 4. The molecule has 1 N–H and O–H groups in total. The van der Waals surface area contributed by atoms with Gasteiger partial charge < -0.3 is 10.0 Å². The summed E-state index contributed by atoms with van der Waals surface area (Å²) >= 11 is 0. The van der Waals surface area contributed by atoms with E-state index in [2.05, 4.69) is 10.3 Å². The molecule has 4 aromatic rings. The van der Waals surface area contributed by atoms with Crippen LogP contribution in [0.3, 0.4) is 0 Å². The highest BCUT2D eigenvalue weighted by atomic mass is 16.3. The Kier molecular flexibility index (Phi) is 4.14. The topological polar surface area (TPSA) is 71.2 Å². The fourth-order valence-electron chi connectivity index (χ4n) is 4.12. The standard InChI is InChI=1S/C23H20N4O2/c1-15(21(28)16-9-3-2-4-10-16)26-22(17-11-5-6-12-18(17)23(26)29)27-20-14-8-7-13-19(20)24-25-27/h2-15,21-22,28H,1H3/t15-,21-,22?/m1/s1. The van der Waals surface area contributed by atoms with Crippen LogP contribution < -0.4 is 0 Å². The number of para-hydroxylation sites is 1. The molecular weight excluding hydrogens is 364 g/mol. The predicted molar refractivity (Wildman–Crippen MR) is 109 cm³/mol. The number of carbonyl (C=O) groups excluding carboxylic acids is 1. The number of aliphatic hydroxyl groups excluding tert-OH is 1. The van der Waals surface area contributed by atoms with Gasteiger partial charge in [0.15, 0.2) is 6.17 Å². The van der Waals surface area contributed by atoms with Crippen LogP contribution >= 0.6 is 0 Å². The van der Waals surface area contributed by atoms with Crippen LogP contribution in [0.15, 0.2) is 78.9 Å². The van der Waals surface area contributed by atoms with E-state index in [-0.39, 0.29) is 5.91 Å². The highest BCUT2D eigenvalue weighted by Crippen LogP contribution is 2.39. The third-order valence-electron chi connectivity index (χ3n) is 5.61. The van der Waals surface area contributed by atoms with Crippen molar-refractivity contribution in [2.75, 3.05) is 0 Å². The lowest BCUT2D eigenvalue weighted by molar-refractivity contribution is 0.0242. The maximum absolute atomic E-state index is 13.4. The van der Waals surface area contributed by atoms with E-state index in [4.69, 9.17) is 0 Å². The molecule has 0 fully saturated rings. The average Bonchev–Trinajstić information content (AvgIpc) is 3.32. The molecule has 0 radical (unpaired) electrons. The van der Waals surface area contributed by atoms with Crippen molar-refractivity contribution in [1.82, 2.24) is 19.9 Å². The minimum Gasteiger partial charge on any atom is -0.386 e. The summed E-state index contributed by atoms with van der Waals surface area (Å²) in [5, 5.41) is 19.7. The molecule has 1 unspecified atom stereocenters. The van der Waals surface area contributed by atoms with E-state index in [1.165, 1.54) is 0 Å². The molecular formula is C23H20N4O2. The van der Waals surface area contributed by atoms with Gasteiger partial charge in [-0.1, -0.05) is 65.9 Å². The number of amides is 1. The van der Waals surface area contributed by atoms with Crippen LogP contribution in [-0.4, -0.2) is 36.9 Å². The van der Waals surface area contributed by atoms with Gasteiger partial charge in [-0.3, -0.25) is 4.79 Å². The summed E-state index contributed by atoms with van der Waals surface area (Å²) in [6.07, 6.45) is -1.30. The van der Waals surface area contributed by atoms with Crippen LogP contribution in [0.4, 0.5) is 0 Å². The number of aromatic nitrogens is 3. The van der Waals surface area contributed by atoms with Crippen molar-refractivity contribution in [3.05, 3.63) is 95.6 Å². The molecule has 0 saturated carbocycles. The van der Waals surface area contributed by atoms with Gasteiger partial charge in [0.1, 0.15) is 5.52 Å². The van der Waals surface area contributed by atoms with E-state index in [9.17, 15) is 9.90 Å². The Morgan fingerprint density at radius 1 is 0.931 bits per heavy atom. The smallest absolute Gasteiger partial charge is 0.256 e. The highest BCUT2D eigenvalue weighted by Gasteiger charge is 2.43. The summed E-state index contributed by atoms with van der Waals surface area (Å²) in [6, 6.07) is 24.2. The van der Waals surface area contributed by atoms with E-state index in [1.807, 2.05) is 85.8 Å². The lowest BCUT2D eigenvalue weighted by Gasteiger charge is -2.34. The molecule has 2 heterocycles. The Bertz CT molecular complexity index is 1190. The van der Waals surface area contributed by atoms with E-state index in [1.54, 1.807) is 9.58 Å².